The van der Waals surface area contributed by atoms with Gasteiger partial charge >= 0.3 is 0 Å². The van der Waals surface area contributed by atoms with Crippen molar-refractivity contribution in [3.05, 3.63) is 170 Å². The van der Waals surface area contributed by atoms with Crippen molar-refractivity contribution in [2.75, 3.05) is 0 Å². The Hall–Kier alpha value is -6.78. The van der Waals surface area contributed by atoms with Gasteiger partial charge in [-0.05, 0) is 64.7 Å². The highest BCUT2D eigenvalue weighted by Crippen LogP contribution is 2.41. The van der Waals surface area contributed by atoms with Crippen LogP contribution in [0.1, 0.15) is 0 Å². The Kier molecular flexibility index (Phi) is 5.63. The molecule has 11 aromatic rings. The number of nitrogens with zero attached hydrogens (tertiary/aromatic N) is 4. The number of hydrogen-bond acceptors (Lipinski definition) is 2. The summed E-state index contributed by atoms with van der Waals surface area (Å²) in [6, 6.07) is 60.8. The van der Waals surface area contributed by atoms with Gasteiger partial charge in [-0.1, -0.05) is 121 Å². The maximum Gasteiger partial charge on any atom is 0.162 e. The Morgan fingerprint density at radius 3 is 1.88 bits per heavy atom. The lowest BCUT2D eigenvalue weighted by Crippen LogP contribution is -2.03. The van der Waals surface area contributed by atoms with Gasteiger partial charge in [0.2, 0.25) is 0 Å². The van der Waals surface area contributed by atoms with Crippen LogP contribution in [0.4, 0.5) is 0 Å². The maximum absolute atomic E-state index is 5.33. The predicted molar refractivity (Wildman–Crippen MR) is 209 cm³/mol. The predicted octanol–water partition coefficient (Wildman–Crippen LogP) is 11.8. The van der Waals surface area contributed by atoms with E-state index in [9.17, 15) is 0 Å². The van der Waals surface area contributed by atoms with Crippen LogP contribution in [0.3, 0.4) is 0 Å². The summed E-state index contributed by atoms with van der Waals surface area (Å²) in [5.41, 5.74) is 7.69. The second kappa shape index (κ2) is 10.4. The van der Waals surface area contributed by atoms with Gasteiger partial charge in [0.25, 0.3) is 0 Å². The third-order valence-electron chi connectivity index (χ3n) is 10.3. The van der Waals surface area contributed by atoms with Crippen LogP contribution in [0, 0.1) is 0 Å². The van der Waals surface area contributed by atoms with Gasteiger partial charge in [0.1, 0.15) is 5.82 Å². The van der Waals surface area contributed by atoms with Gasteiger partial charge in [0.05, 0.1) is 27.6 Å². The van der Waals surface area contributed by atoms with E-state index in [0.717, 1.165) is 39.0 Å². The lowest BCUT2D eigenvalue weighted by molar-refractivity contribution is 1.07. The van der Waals surface area contributed by atoms with E-state index in [1.54, 1.807) is 0 Å². The van der Waals surface area contributed by atoms with Gasteiger partial charge in [-0.3, -0.25) is 4.57 Å². The monoisotopic (exact) mass is 636 g/mol. The summed E-state index contributed by atoms with van der Waals surface area (Å²) in [5.74, 6) is 1.59. The van der Waals surface area contributed by atoms with Crippen molar-refractivity contribution in [3.63, 3.8) is 0 Å². The highest BCUT2D eigenvalue weighted by atomic mass is 15.1. The van der Waals surface area contributed by atoms with E-state index in [4.69, 9.17) is 9.97 Å². The average molecular weight is 637 g/mol. The highest BCUT2D eigenvalue weighted by Gasteiger charge is 2.21. The van der Waals surface area contributed by atoms with Crippen LogP contribution in [-0.2, 0) is 0 Å². The highest BCUT2D eigenvalue weighted by molar-refractivity contribution is 6.19. The molecule has 0 fully saturated rings. The van der Waals surface area contributed by atoms with E-state index in [2.05, 4.69) is 161 Å². The van der Waals surface area contributed by atoms with Gasteiger partial charge in [-0.25, -0.2) is 9.97 Å². The van der Waals surface area contributed by atoms with E-state index < -0.39 is 0 Å². The Morgan fingerprint density at radius 1 is 0.360 bits per heavy atom. The van der Waals surface area contributed by atoms with Crippen molar-refractivity contribution < 1.29 is 0 Å². The molecule has 0 atom stereocenters. The molecule has 3 aromatic heterocycles. The number of para-hydroxylation sites is 2. The van der Waals surface area contributed by atoms with Crippen LogP contribution in [0.15, 0.2) is 170 Å². The van der Waals surface area contributed by atoms with Crippen LogP contribution in [0.5, 0.6) is 0 Å². The van der Waals surface area contributed by atoms with Gasteiger partial charge in [0, 0.05) is 43.6 Å². The summed E-state index contributed by atoms with van der Waals surface area (Å²) in [6.07, 6.45) is 0. The lowest BCUT2D eigenvalue weighted by atomic mass is 10.1. The number of benzene rings is 8. The van der Waals surface area contributed by atoms with Crippen LogP contribution in [0.25, 0.3) is 99.0 Å². The second-order valence-electron chi connectivity index (χ2n) is 13.0. The summed E-state index contributed by atoms with van der Waals surface area (Å²) >= 11 is 0. The van der Waals surface area contributed by atoms with Crippen LogP contribution in [-0.4, -0.2) is 19.1 Å². The Morgan fingerprint density at radius 2 is 1.02 bits per heavy atom. The molecule has 4 nitrogen and oxygen atoms in total. The lowest BCUT2D eigenvalue weighted by Gasteiger charge is -2.13. The Bertz CT molecular complexity index is 3150. The molecule has 0 unspecified atom stereocenters. The number of rotatable bonds is 3. The minimum Gasteiger partial charge on any atom is -0.309 e. The standard InChI is InChI=1S/C46H28N4/c1-2-13-30(14-3-1)45-47-40-20-10-8-19-37(40)46(48-45)50-42-25-23-33(28-39(42)38-26-31-15-4-5-16-32(31)27-43(38)50)49-41-21-11-9-18-35(41)36-24-22-29-12-6-7-17-34(29)44(36)49/h1-28H. The Balaban J connectivity index is 1.28. The van der Waals surface area contributed by atoms with Crippen molar-refractivity contribution in [2.24, 2.45) is 0 Å². The summed E-state index contributed by atoms with van der Waals surface area (Å²) in [5, 5.41) is 10.8. The van der Waals surface area contributed by atoms with Gasteiger partial charge in [-0.2, -0.15) is 0 Å². The molecule has 0 aliphatic rings. The van der Waals surface area contributed by atoms with Crippen LogP contribution in [0.2, 0.25) is 0 Å². The summed E-state index contributed by atoms with van der Waals surface area (Å²) < 4.78 is 4.79. The molecular formula is C46H28N4. The maximum atomic E-state index is 5.33. The van der Waals surface area contributed by atoms with Crippen molar-refractivity contribution in [3.8, 4) is 22.9 Å². The molecule has 0 saturated heterocycles. The first-order valence-corrected chi connectivity index (χ1v) is 17.0. The molecule has 8 aromatic carbocycles. The van der Waals surface area contributed by atoms with Gasteiger partial charge in [-0.15, -0.1) is 0 Å². The molecule has 0 aliphatic heterocycles. The van der Waals surface area contributed by atoms with Crippen molar-refractivity contribution in [1.82, 2.24) is 19.1 Å². The molecule has 3 heterocycles. The van der Waals surface area contributed by atoms with Gasteiger partial charge < -0.3 is 4.57 Å². The first-order chi connectivity index (χ1) is 24.8. The average Bonchev–Trinajstić information content (AvgIpc) is 3.69. The van der Waals surface area contributed by atoms with E-state index in [-0.39, 0.29) is 0 Å². The minimum absolute atomic E-state index is 0.712. The van der Waals surface area contributed by atoms with Crippen molar-refractivity contribution >= 4 is 76.1 Å². The first kappa shape index (κ1) is 27.2. The second-order valence-corrected chi connectivity index (χ2v) is 13.0. The van der Waals surface area contributed by atoms with Crippen LogP contribution < -0.4 is 0 Å². The van der Waals surface area contributed by atoms with E-state index in [1.807, 2.05) is 18.2 Å². The minimum atomic E-state index is 0.712. The first-order valence-electron chi connectivity index (χ1n) is 17.0. The summed E-state index contributed by atoms with van der Waals surface area (Å²) in [6.45, 7) is 0. The molecular weight excluding hydrogens is 609 g/mol. The summed E-state index contributed by atoms with van der Waals surface area (Å²) in [7, 11) is 0. The molecule has 0 spiro atoms. The molecule has 0 amide bonds. The zero-order valence-electron chi connectivity index (χ0n) is 27.0. The zero-order chi connectivity index (χ0) is 32.8. The number of fused-ring (bicyclic) bond motifs is 10. The molecule has 11 rings (SSSR count). The number of aromatic nitrogens is 4. The number of hydrogen-bond donors (Lipinski definition) is 0. The van der Waals surface area contributed by atoms with E-state index >= 15 is 0 Å². The molecule has 0 saturated carbocycles. The molecule has 0 radical (unpaired) electrons. The fourth-order valence-corrected chi connectivity index (χ4v) is 8.01. The molecule has 0 bridgehead atoms. The molecule has 0 aliphatic carbocycles. The smallest absolute Gasteiger partial charge is 0.162 e. The third kappa shape index (κ3) is 3.87. The fourth-order valence-electron chi connectivity index (χ4n) is 8.01. The Labute approximate surface area is 287 Å². The van der Waals surface area contributed by atoms with Crippen LogP contribution >= 0.6 is 0 Å². The van der Waals surface area contributed by atoms with E-state index in [1.165, 1.54) is 54.1 Å². The molecule has 4 heteroatoms. The van der Waals surface area contributed by atoms with E-state index in [0.29, 0.717) is 5.82 Å². The molecule has 50 heavy (non-hydrogen) atoms. The molecule has 0 N–H and O–H groups in total. The largest absolute Gasteiger partial charge is 0.309 e. The summed E-state index contributed by atoms with van der Waals surface area (Å²) in [4.78, 5) is 10.4. The fraction of sp³-hybridized carbons (Fsp3) is 0. The normalized spacial score (nSPS) is 12.0. The third-order valence-corrected chi connectivity index (χ3v) is 10.3. The van der Waals surface area contributed by atoms with Gasteiger partial charge in [0.15, 0.2) is 5.82 Å². The zero-order valence-corrected chi connectivity index (χ0v) is 27.0. The van der Waals surface area contributed by atoms with Crippen molar-refractivity contribution in [2.45, 2.75) is 0 Å². The topological polar surface area (TPSA) is 35.6 Å². The SMILES string of the molecule is c1ccc(-c2nc(-n3c4ccc(-n5c6ccccc6c6ccc7ccccc7c65)cc4c4cc5ccccc5cc43)c3ccccc3n2)cc1. The molecule has 232 valence electrons. The quantitative estimate of drug-likeness (QED) is 0.193. The van der Waals surface area contributed by atoms with Crippen molar-refractivity contribution in [1.29, 1.82) is 0 Å².